The van der Waals surface area contributed by atoms with Crippen molar-refractivity contribution < 1.29 is 17.6 Å². The molecule has 0 aliphatic heterocycles. The molecule has 0 radical (unpaired) electrons. The lowest BCUT2D eigenvalue weighted by Gasteiger charge is -2.14. The van der Waals surface area contributed by atoms with Crippen molar-refractivity contribution in [1.29, 1.82) is 0 Å². The molecule has 21 heavy (non-hydrogen) atoms. The lowest BCUT2D eigenvalue weighted by Crippen LogP contribution is -2.14. The Kier molecular flexibility index (Phi) is 4.32. The van der Waals surface area contributed by atoms with Gasteiger partial charge in [0.05, 0.1) is 5.56 Å². The Labute approximate surface area is 120 Å². The van der Waals surface area contributed by atoms with Crippen molar-refractivity contribution in [1.82, 2.24) is 0 Å². The van der Waals surface area contributed by atoms with E-state index < -0.39 is 17.8 Å². The van der Waals surface area contributed by atoms with Gasteiger partial charge >= 0.3 is 6.18 Å². The van der Waals surface area contributed by atoms with Crippen LogP contribution in [0.25, 0.3) is 0 Å². The van der Waals surface area contributed by atoms with E-state index in [-0.39, 0.29) is 12.2 Å². The fraction of sp³-hybridized carbons (Fsp3) is 0.250. The fourth-order valence-electron chi connectivity index (χ4n) is 2.14. The van der Waals surface area contributed by atoms with Crippen LogP contribution in [0.1, 0.15) is 28.3 Å². The molecule has 112 valence electrons. The van der Waals surface area contributed by atoms with E-state index in [2.05, 4.69) is 0 Å². The van der Waals surface area contributed by atoms with Crippen LogP contribution in [0.2, 0.25) is 0 Å². The molecule has 2 aromatic carbocycles. The molecule has 0 fully saturated rings. The molecule has 0 aliphatic carbocycles. The van der Waals surface area contributed by atoms with Crippen molar-refractivity contribution in [2.24, 2.45) is 5.73 Å². The van der Waals surface area contributed by atoms with Gasteiger partial charge in [-0.15, -0.1) is 0 Å². The number of rotatable bonds is 3. The van der Waals surface area contributed by atoms with E-state index >= 15 is 0 Å². The summed E-state index contributed by atoms with van der Waals surface area (Å²) in [4.78, 5) is 0. The molecule has 2 rings (SSSR count). The second-order valence-electron chi connectivity index (χ2n) is 5.02. The second-order valence-corrected chi connectivity index (χ2v) is 5.02. The van der Waals surface area contributed by atoms with Crippen molar-refractivity contribution in [2.75, 3.05) is 0 Å². The van der Waals surface area contributed by atoms with Gasteiger partial charge in [0.15, 0.2) is 0 Å². The van der Waals surface area contributed by atoms with Crippen LogP contribution in [0.3, 0.4) is 0 Å². The third kappa shape index (κ3) is 3.82. The Morgan fingerprint density at radius 1 is 1.10 bits per heavy atom. The topological polar surface area (TPSA) is 26.0 Å². The number of aryl methyl sites for hydroxylation is 1. The first-order valence-electron chi connectivity index (χ1n) is 6.45. The van der Waals surface area contributed by atoms with Crippen LogP contribution in [0.15, 0.2) is 42.5 Å². The van der Waals surface area contributed by atoms with Crippen LogP contribution in [0, 0.1) is 12.7 Å². The van der Waals surface area contributed by atoms with Crippen molar-refractivity contribution in [3.63, 3.8) is 0 Å². The van der Waals surface area contributed by atoms with Gasteiger partial charge in [-0.05, 0) is 42.2 Å². The molecule has 2 aromatic rings. The van der Waals surface area contributed by atoms with E-state index in [1.807, 2.05) is 0 Å². The van der Waals surface area contributed by atoms with Gasteiger partial charge in [0.25, 0.3) is 0 Å². The first-order valence-corrected chi connectivity index (χ1v) is 6.45. The van der Waals surface area contributed by atoms with Crippen molar-refractivity contribution in [2.45, 2.75) is 25.6 Å². The van der Waals surface area contributed by atoms with Gasteiger partial charge in [-0.2, -0.15) is 13.2 Å². The van der Waals surface area contributed by atoms with Gasteiger partial charge in [-0.1, -0.05) is 30.3 Å². The van der Waals surface area contributed by atoms with Gasteiger partial charge in [0.2, 0.25) is 0 Å². The molecule has 1 nitrogen and oxygen atoms in total. The second kappa shape index (κ2) is 5.85. The van der Waals surface area contributed by atoms with E-state index in [9.17, 15) is 17.6 Å². The van der Waals surface area contributed by atoms with Crippen LogP contribution in [0.4, 0.5) is 17.6 Å². The van der Waals surface area contributed by atoms with E-state index in [1.54, 1.807) is 25.1 Å². The highest BCUT2D eigenvalue weighted by molar-refractivity contribution is 5.30. The highest BCUT2D eigenvalue weighted by atomic mass is 19.4. The minimum absolute atomic E-state index is 0.259. The molecule has 0 aliphatic rings. The number of benzene rings is 2. The maximum atomic E-state index is 13.2. The maximum Gasteiger partial charge on any atom is 0.416 e. The van der Waals surface area contributed by atoms with E-state index in [0.717, 1.165) is 12.1 Å². The summed E-state index contributed by atoms with van der Waals surface area (Å²) in [6.07, 6.45) is -4.11. The summed E-state index contributed by atoms with van der Waals surface area (Å²) in [6, 6.07) is 9.09. The Hall–Kier alpha value is -1.88. The summed E-state index contributed by atoms with van der Waals surface area (Å²) in [5, 5.41) is 0. The highest BCUT2D eigenvalue weighted by Crippen LogP contribution is 2.30. The van der Waals surface area contributed by atoms with Crippen LogP contribution in [0.5, 0.6) is 0 Å². The third-order valence-corrected chi connectivity index (χ3v) is 3.32. The Balaban J connectivity index is 2.19. The number of alkyl halides is 3. The predicted molar refractivity (Wildman–Crippen MR) is 73.2 cm³/mol. The van der Waals surface area contributed by atoms with E-state index in [0.29, 0.717) is 16.7 Å². The molecule has 2 N–H and O–H groups in total. The van der Waals surface area contributed by atoms with Gasteiger partial charge < -0.3 is 5.73 Å². The van der Waals surface area contributed by atoms with Crippen LogP contribution >= 0.6 is 0 Å². The van der Waals surface area contributed by atoms with Crippen LogP contribution < -0.4 is 5.73 Å². The quantitative estimate of drug-likeness (QED) is 0.835. The molecule has 5 heteroatoms. The van der Waals surface area contributed by atoms with E-state index in [4.69, 9.17) is 5.73 Å². The summed E-state index contributed by atoms with van der Waals surface area (Å²) < 4.78 is 51.2. The minimum Gasteiger partial charge on any atom is -0.324 e. The average molecular weight is 297 g/mol. The summed E-state index contributed by atoms with van der Waals surface area (Å²) in [7, 11) is 0. The number of nitrogens with two attached hydrogens (primary N) is 1. The first kappa shape index (κ1) is 15.5. The van der Waals surface area contributed by atoms with Crippen molar-refractivity contribution in [3.8, 4) is 0 Å². The minimum atomic E-state index is -4.37. The number of hydrogen-bond acceptors (Lipinski definition) is 1. The van der Waals surface area contributed by atoms with Crippen molar-refractivity contribution >= 4 is 0 Å². The molecule has 0 amide bonds. The smallest absolute Gasteiger partial charge is 0.324 e. The Bertz CT molecular complexity index is 634. The molecule has 0 aromatic heterocycles. The third-order valence-electron chi connectivity index (χ3n) is 3.32. The maximum absolute atomic E-state index is 13.2. The first-order chi connectivity index (χ1) is 9.77. The molecule has 0 saturated carbocycles. The fourth-order valence-corrected chi connectivity index (χ4v) is 2.14. The summed E-state index contributed by atoms with van der Waals surface area (Å²) >= 11 is 0. The molecule has 0 bridgehead atoms. The standard InChI is InChI=1S/C16H15F4N/c1-10-7-12(5-6-14(10)17)15(21)9-11-3-2-4-13(8-11)16(18,19)20/h2-8,15H,9,21H2,1H3. The molecule has 0 saturated heterocycles. The molecule has 0 spiro atoms. The lowest BCUT2D eigenvalue weighted by molar-refractivity contribution is -0.137. The van der Waals surface area contributed by atoms with E-state index in [1.165, 1.54) is 12.1 Å². The largest absolute Gasteiger partial charge is 0.416 e. The predicted octanol–water partition coefficient (Wildman–Crippen LogP) is 4.40. The zero-order chi connectivity index (χ0) is 15.6. The monoisotopic (exact) mass is 297 g/mol. The zero-order valence-electron chi connectivity index (χ0n) is 11.4. The Morgan fingerprint density at radius 3 is 2.43 bits per heavy atom. The summed E-state index contributed by atoms with van der Waals surface area (Å²) in [6.45, 7) is 1.62. The van der Waals surface area contributed by atoms with Crippen molar-refractivity contribution in [3.05, 3.63) is 70.5 Å². The van der Waals surface area contributed by atoms with Gasteiger partial charge in [0.1, 0.15) is 5.82 Å². The lowest BCUT2D eigenvalue weighted by atomic mass is 9.97. The van der Waals surface area contributed by atoms with Gasteiger partial charge in [-0.3, -0.25) is 0 Å². The molecular formula is C16H15F4N. The summed E-state index contributed by atoms with van der Waals surface area (Å²) in [5.74, 6) is -0.329. The Morgan fingerprint density at radius 2 is 1.81 bits per heavy atom. The zero-order valence-corrected chi connectivity index (χ0v) is 11.4. The average Bonchev–Trinajstić information content (AvgIpc) is 2.41. The summed E-state index contributed by atoms with van der Waals surface area (Å²) in [5.41, 5.74) is 6.97. The normalized spacial score (nSPS) is 13.2. The SMILES string of the molecule is Cc1cc(C(N)Cc2cccc(C(F)(F)F)c2)ccc1F. The number of hydrogen-bond donors (Lipinski definition) is 1. The van der Waals surface area contributed by atoms with Gasteiger partial charge in [0, 0.05) is 6.04 Å². The number of halogens is 4. The van der Waals surface area contributed by atoms with Crippen LogP contribution in [-0.4, -0.2) is 0 Å². The molecular weight excluding hydrogens is 282 g/mol. The highest BCUT2D eigenvalue weighted by Gasteiger charge is 2.30. The van der Waals surface area contributed by atoms with Crippen LogP contribution in [-0.2, 0) is 12.6 Å². The molecule has 1 atom stereocenters. The molecule has 1 unspecified atom stereocenters. The molecule has 0 heterocycles. The van der Waals surface area contributed by atoms with Gasteiger partial charge in [-0.25, -0.2) is 4.39 Å².